The molecule has 4 fully saturated rings. The van der Waals surface area contributed by atoms with Gasteiger partial charge in [-0.15, -0.1) is 0 Å². The molecule has 4 aliphatic rings. The van der Waals surface area contributed by atoms with Crippen LogP contribution in [0.5, 0.6) is 0 Å². The van der Waals surface area contributed by atoms with E-state index >= 15 is 0 Å². The number of hydrogen-bond donors (Lipinski definition) is 0. The van der Waals surface area contributed by atoms with Crippen LogP contribution in [0.2, 0.25) is 0 Å². The minimum absolute atomic E-state index is 0. The average Bonchev–Trinajstić information content (AvgIpc) is 1.67. The zero-order chi connectivity index (χ0) is 10.2. The summed E-state index contributed by atoms with van der Waals surface area (Å²) in [5.74, 6) is 0. The second-order valence-electron chi connectivity index (χ2n) is 7.37. The molecule has 4 saturated carbocycles. The first kappa shape index (κ1) is 31.1. The van der Waals surface area contributed by atoms with Gasteiger partial charge in [-0.05, 0) is 5.41 Å². The van der Waals surface area contributed by atoms with Crippen LogP contribution in [-0.2, 0) is 98.1 Å². The van der Waals surface area contributed by atoms with Gasteiger partial charge in [0.05, 0.1) is 0 Å². The summed E-state index contributed by atoms with van der Waals surface area (Å²) in [7, 11) is 0. The first-order valence-corrected chi connectivity index (χ1v) is 5.80. The number of hydrogen-bond acceptors (Lipinski definition) is 0. The van der Waals surface area contributed by atoms with Crippen molar-refractivity contribution in [2.75, 3.05) is 0 Å². The Labute approximate surface area is 205 Å². The Morgan fingerprint density at radius 1 is 0.550 bits per heavy atom. The van der Waals surface area contributed by atoms with E-state index in [2.05, 4.69) is 27.7 Å². The molecule has 0 aliphatic heterocycles. The SMILES string of the molecule is [CH2-]C12CC3([CH2-])CC([CH2-])(C1)CC(C)(C2)C3.[CH3-].[CH3-].[CH3-].[Y].[Y].[Y]. The van der Waals surface area contributed by atoms with Crippen LogP contribution < -0.4 is 0 Å². The molecule has 0 aromatic heterocycles. The predicted molar refractivity (Wildman–Crippen MR) is 78.4 cm³/mol. The molecule has 0 atom stereocenters. The molecule has 4 bridgehead atoms. The summed E-state index contributed by atoms with van der Waals surface area (Å²) in [4.78, 5) is 0. The molecular formula is C17H30Y3-6. The maximum atomic E-state index is 4.49. The summed E-state index contributed by atoms with van der Waals surface area (Å²) < 4.78 is 0. The van der Waals surface area contributed by atoms with Gasteiger partial charge in [0.2, 0.25) is 0 Å². The first-order valence-electron chi connectivity index (χ1n) is 5.80. The maximum Gasteiger partial charge on any atom is 0 e. The summed E-state index contributed by atoms with van der Waals surface area (Å²) >= 11 is 0. The molecule has 3 heteroatoms. The Kier molecular flexibility index (Phi) is 14.2. The van der Waals surface area contributed by atoms with E-state index < -0.39 is 0 Å². The topological polar surface area (TPSA) is 0 Å². The van der Waals surface area contributed by atoms with Crippen LogP contribution in [0.1, 0.15) is 45.4 Å². The Balaban J connectivity index is -0.000000213. The van der Waals surface area contributed by atoms with Gasteiger partial charge in [-0.2, -0.15) is 16.2 Å². The Hall–Kier alpha value is 3.31. The Morgan fingerprint density at radius 3 is 0.900 bits per heavy atom. The predicted octanol–water partition coefficient (Wildman–Crippen LogP) is 5.18. The smallest absolute Gasteiger partial charge is 0 e. The third-order valence-corrected chi connectivity index (χ3v) is 4.66. The second kappa shape index (κ2) is 9.13. The minimum Gasteiger partial charge on any atom is -0.358 e. The molecule has 0 aromatic rings. The molecule has 0 saturated heterocycles. The van der Waals surface area contributed by atoms with E-state index in [1.807, 2.05) is 0 Å². The molecule has 3 radical (unpaired) electrons. The van der Waals surface area contributed by atoms with Crippen LogP contribution in [0.4, 0.5) is 0 Å². The fourth-order valence-corrected chi connectivity index (χ4v) is 5.85. The van der Waals surface area contributed by atoms with Crippen LogP contribution in [0.25, 0.3) is 0 Å². The van der Waals surface area contributed by atoms with Gasteiger partial charge in [0.1, 0.15) is 0 Å². The van der Waals surface area contributed by atoms with Crippen molar-refractivity contribution >= 4 is 0 Å². The van der Waals surface area contributed by atoms with Gasteiger partial charge in [0.15, 0.2) is 0 Å². The molecule has 20 heavy (non-hydrogen) atoms. The monoisotopic (exact) mass is 501 g/mol. The second-order valence-corrected chi connectivity index (χ2v) is 7.37. The molecule has 4 aliphatic carbocycles. The average molecular weight is 501 g/mol. The third-order valence-electron chi connectivity index (χ3n) is 4.66. The minimum atomic E-state index is 0. The van der Waals surface area contributed by atoms with Gasteiger partial charge >= 0.3 is 0 Å². The Morgan fingerprint density at radius 2 is 0.750 bits per heavy atom. The molecular weight excluding hydrogens is 471 g/mol. The number of rotatable bonds is 0. The summed E-state index contributed by atoms with van der Waals surface area (Å²) in [6.45, 7) is 15.9. The van der Waals surface area contributed by atoms with Crippen molar-refractivity contribution in [2.45, 2.75) is 45.4 Å². The molecule has 0 unspecified atom stereocenters. The molecule has 0 heterocycles. The zero-order valence-electron chi connectivity index (χ0n) is 14.1. The van der Waals surface area contributed by atoms with Crippen LogP contribution in [0, 0.1) is 64.7 Å². The van der Waals surface area contributed by atoms with E-state index in [1.165, 1.54) is 38.5 Å². The third kappa shape index (κ3) is 5.69. The van der Waals surface area contributed by atoms with Crippen molar-refractivity contribution < 1.29 is 98.1 Å². The first-order chi connectivity index (χ1) is 6.24. The van der Waals surface area contributed by atoms with Crippen molar-refractivity contribution in [3.8, 4) is 0 Å². The van der Waals surface area contributed by atoms with Gasteiger partial charge < -0.3 is 43.1 Å². The normalized spacial score (nSPS) is 46.2. The van der Waals surface area contributed by atoms with Crippen molar-refractivity contribution in [1.29, 1.82) is 0 Å². The summed E-state index contributed by atoms with van der Waals surface area (Å²) in [6, 6.07) is 0. The van der Waals surface area contributed by atoms with Gasteiger partial charge in [0, 0.05) is 98.1 Å². The van der Waals surface area contributed by atoms with Gasteiger partial charge in [-0.3, -0.25) is 0 Å². The molecule has 0 nitrogen and oxygen atoms in total. The summed E-state index contributed by atoms with van der Waals surface area (Å²) in [5.41, 5.74) is 1.44. The summed E-state index contributed by atoms with van der Waals surface area (Å²) in [6.07, 6.45) is 7.67. The van der Waals surface area contributed by atoms with Crippen molar-refractivity contribution in [1.82, 2.24) is 0 Å². The van der Waals surface area contributed by atoms with Gasteiger partial charge in [-0.1, -0.05) is 45.4 Å². The van der Waals surface area contributed by atoms with Crippen LogP contribution in [0.15, 0.2) is 0 Å². The molecule has 0 aromatic carbocycles. The van der Waals surface area contributed by atoms with E-state index in [0.717, 1.165) is 0 Å². The Bertz CT molecular complexity index is 205. The van der Waals surface area contributed by atoms with E-state index in [0.29, 0.717) is 21.7 Å². The quantitative estimate of drug-likeness (QED) is 0.402. The van der Waals surface area contributed by atoms with Gasteiger partial charge in [-0.25, -0.2) is 0 Å². The van der Waals surface area contributed by atoms with Crippen molar-refractivity contribution in [3.05, 3.63) is 43.1 Å². The van der Waals surface area contributed by atoms with E-state index in [1.54, 1.807) is 0 Å². The van der Waals surface area contributed by atoms with E-state index in [4.69, 9.17) is 0 Å². The fraction of sp³-hybridized carbons (Fsp3) is 0.647. The summed E-state index contributed by atoms with van der Waals surface area (Å²) in [5, 5.41) is 0. The van der Waals surface area contributed by atoms with Crippen molar-refractivity contribution in [3.63, 3.8) is 0 Å². The van der Waals surface area contributed by atoms with Crippen LogP contribution in [-0.4, -0.2) is 0 Å². The molecule has 4 rings (SSSR count). The zero-order valence-corrected chi connectivity index (χ0v) is 22.6. The molecule has 0 spiro atoms. The van der Waals surface area contributed by atoms with E-state index in [-0.39, 0.29) is 120 Å². The van der Waals surface area contributed by atoms with Crippen molar-refractivity contribution in [2.24, 2.45) is 21.7 Å². The van der Waals surface area contributed by atoms with Crippen LogP contribution >= 0.6 is 0 Å². The molecule has 0 amide bonds. The van der Waals surface area contributed by atoms with Crippen LogP contribution in [0.3, 0.4) is 0 Å². The largest absolute Gasteiger partial charge is 0.358 e. The van der Waals surface area contributed by atoms with Gasteiger partial charge in [0.25, 0.3) is 0 Å². The fourth-order valence-electron chi connectivity index (χ4n) is 5.85. The van der Waals surface area contributed by atoms with E-state index in [9.17, 15) is 0 Å². The molecule has 113 valence electrons. The standard InChI is InChI=1S/C14H21.3CH3.3Y/c1-11-5-12(2)8-13(3,6-11)10-14(4,7-11)9-12;;;;;;/h1-3,5-10H2,4H3;3*1H3;;;/q-3;3*-1;;;. The maximum absolute atomic E-state index is 4.49. The molecule has 0 N–H and O–H groups in total.